The summed E-state index contributed by atoms with van der Waals surface area (Å²) in [6.07, 6.45) is -3.52. The Morgan fingerprint density at radius 1 is 1.09 bits per heavy atom. The van der Waals surface area contributed by atoms with E-state index in [0.717, 1.165) is 43.5 Å². The molecular weight excluding hydrogens is 469 g/mol. The standard InChI is InChI=1S/C23H33F3N4O3S/c1-29-11-13-30(14-12-29)16-21(32)28-19(8-5-15-34-17-20(31)23(24,25)26)22(33)27-10-9-18-6-3-2-4-7-18/h2-4,6-7,19H,5,8-17H2,1H3,(H,27,33)(H,28,32)/t19-/m0/s1. The summed E-state index contributed by atoms with van der Waals surface area (Å²) in [6, 6.07) is 8.88. The number of likely N-dealkylation sites (N-methyl/N-ethyl adjacent to an activating group) is 1. The lowest BCUT2D eigenvalue weighted by atomic mass is 10.1. The summed E-state index contributed by atoms with van der Waals surface area (Å²) in [5.41, 5.74) is 1.07. The van der Waals surface area contributed by atoms with Gasteiger partial charge in [-0.1, -0.05) is 30.3 Å². The van der Waals surface area contributed by atoms with Crippen LogP contribution in [-0.4, -0.2) is 97.4 Å². The minimum absolute atomic E-state index is 0.191. The number of carbonyl (C=O) groups excluding carboxylic acids is 3. The van der Waals surface area contributed by atoms with Crippen molar-refractivity contribution in [3.63, 3.8) is 0 Å². The van der Waals surface area contributed by atoms with Crippen molar-refractivity contribution < 1.29 is 27.6 Å². The van der Waals surface area contributed by atoms with Gasteiger partial charge in [-0.25, -0.2) is 0 Å². The van der Waals surface area contributed by atoms with Gasteiger partial charge in [-0.3, -0.25) is 19.3 Å². The van der Waals surface area contributed by atoms with E-state index in [9.17, 15) is 27.6 Å². The van der Waals surface area contributed by atoms with Gasteiger partial charge in [-0.15, -0.1) is 0 Å². The molecule has 190 valence electrons. The van der Waals surface area contributed by atoms with E-state index in [1.165, 1.54) is 0 Å². The summed E-state index contributed by atoms with van der Waals surface area (Å²) in [5.74, 6) is -2.71. The summed E-state index contributed by atoms with van der Waals surface area (Å²) in [5, 5.41) is 5.63. The molecule has 2 N–H and O–H groups in total. The third-order valence-corrected chi connectivity index (χ3v) is 6.55. The van der Waals surface area contributed by atoms with Crippen LogP contribution in [0.4, 0.5) is 13.2 Å². The highest BCUT2D eigenvalue weighted by Crippen LogP contribution is 2.19. The summed E-state index contributed by atoms with van der Waals surface area (Å²) in [7, 11) is 2.02. The van der Waals surface area contributed by atoms with Crippen LogP contribution in [0.15, 0.2) is 30.3 Å². The van der Waals surface area contributed by atoms with Crippen LogP contribution in [0, 0.1) is 0 Å². The summed E-state index contributed by atoms with van der Waals surface area (Å²) >= 11 is 0.878. The zero-order valence-electron chi connectivity index (χ0n) is 19.4. The molecule has 34 heavy (non-hydrogen) atoms. The minimum Gasteiger partial charge on any atom is -0.354 e. The van der Waals surface area contributed by atoms with Crippen molar-refractivity contribution >= 4 is 29.4 Å². The van der Waals surface area contributed by atoms with Crippen LogP contribution >= 0.6 is 11.8 Å². The predicted octanol–water partition coefficient (Wildman–Crippen LogP) is 1.72. The van der Waals surface area contributed by atoms with Gasteiger partial charge in [0.2, 0.25) is 17.6 Å². The van der Waals surface area contributed by atoms with Gasteiger partial charge in [0.05, 0.1) is 12.3 Å². The molecule has 0 bridgehead atoms. The van der Waals surface area contributed by atoms with Crippen molar-refractivity contribution in [1.82, 2.24) is 20.4 Å². The number of thioether (sulfide) groups is 1. The highest BCUT2D eigenvalue weighted by Gasteiger charge is 2.37. The van der Waals surface area contributed by atoms with Gasteiger partial charge in [0.1, 0.15) is 6.04 Å². The van der Waals surface area contributed by atoms with E-state index in [4.69, 9.17) is 0 Å². The van der Waals surface area contributed by atoms with E-state index in [2.05, 4.69) is 15.5 Å². The maximum atomic E-state index is 12.8. The smallest absolute Gasteiger partial charge is 0.354 e. The van der Waals surface area contributed by atoms with Gasteiger partial charge in [0.15, 0.2) is 0 Å². The van der Waals surface area contributed by atoms with Gasteiger partial charge < -0.3 is 15.5 Å². The topological polar surface area (TPSA) is 81.8 Å². The van der Waals surface area contributed by atoms with Crippen LogP contribution in [0.2, 0.25) is 0 Å². The van der Waals surface area contributed by atoms with E-state index >= 15 is 0 Å². The lowest BCUT2D eigenvalue weighted by molar-refractivity contribution is -0.167. The van der Waals surface area contributed by atoms with E-state index in [-0.39, 0.29) is 30.5 Å². The molecular formula is C23H33F3N4O3S. The van der Waals surface area contributed by atoms with Crippen molar-refractivity contribution in [2.45, 2.75) is 31.5 Å². The number of rotatable bonds is 13. The number of halogens is 3. The van der Waals surface area contributed by atoms with Crippen molar-refractivity contribution in [3.05, 3.63) is 35.9 Å². The second-order valence-corrected chi connectivity index (χ2v) is 9.45. The van der Waals surface area contributed by atoms with Gasteiger partial charge in [-0.2, -0.15) is 24.9 Å². The third-order valence-electron chi connectivity index (χ3n) is 5.50. The molecule has 2 amide bonds. The molecule has 1 heterocycles. The molecule has 1 aromatic carbocycles. The molecule has 1 aliphatic rings. The Bertz CT molecular complexity index is 787. The summed E-state index contributed by atoms with van der Waals surface area (Å²) < 4.78 is 37.0. The molecule has 0 radical (unpaired) electrons. The highest BCUT2D eigenvalue weighted by atomic mass is 32.2. The summed E-state index contributed by atoms with van der Waals surface area (Å²) in [6.45, 7) is 3.86. The highest BCUT2D eigenvalue weighted by molar-refractivity contribution is 7.99. The second kappa shape index (κ2) is 14.3. The molecule has 1 fully saturated rings. The molecule has 1 aliphatic heterocycles. The zero-order chi connectivity index (χ0) is 25.0. The van der Waals surface area contributed by atoms with Crippen molar-refractivity contribution in [2.75, 3.05) is 57.8 Å². The third kappa shape index (κ3) is 10.9. The average Bonchev–Trinajstić information content (AvgIpc) is 2.79. The number of ketones is 1. The van der Waals surface area contributed by atoms with Crippen LogP contribution in [0.25, 0.3) is 0 Å². The lowest BCUT2D eigenvalue weighted by Crippen LogP contribution is -2.52. The van der Waals surface area contributed by atoms with Crippen LogP contribution in [0.5, 0.6) is 0 Å². The number of piperazine rings is 1. The first-order valence-electron chi connectivity index (χ1n) is 11.3. The molecule has 0 aliphatic carbocycles. The van der Waals surface area contributed by atoms with Gasteiger partial charge >= 0.3 is 6.18 Å². The number of alkyl halides is 3. The Balaban J connectivity index is 1.82. The number of hydrogen-bond donors (Lipinski definition) is 2. The molecule has 11 heteroatoms. The van der Waals surface area contributed by atoms with Crippen LogP contribution in [0.3, 0.4) is 0 Å². The number of amides is 2. The van der Waals surface area contributed by atoms with Gasteiger partial charge in [-0.05, 0) is 37.6 Å². The van der Waals surface area contributed by atoms with Crippen molar-refractivity contribution in [2.24, 2.45) is 0 Å². The molecule has 1 aromatic rings. The number of hydrogen-bond acceptors (Lipinski definition) is 6. The van der Waals surface area contributed by atoms with Gasteiger partial charge in [0.25, 0.3) is 0 Å². The lowest BCUT2D eigenvalue weighted by Gasteiger charge is -2.32. The van der Waals surface area contributed by atoms with E-state index in [1.54, 1.807) is 0 Å². The van der Waals surface area contributed by atoms with Gasteiger partial charge in [0, 0.05) is 32.7 Å². The fourth-order valence-electron chi connectivity index (χ4n) is 3.45. The Morgan fingerprint density at radius 3 is 2.41 bits per heavy atom. The van der Waals surface area contributed by atoms with E-state index in [1.807, 2.05) is 42.3 Å². The van der Waals surface area contributed by atoms with E-state index < -0.39 is 23.8 Å². The number of nitrogens with one attached hydrogen (secondary N) is 2. The van der Waals surface area contributed by atoms with Crippen molar-refractivity contribution in [3.8, 4) is 0 Å². The zero-order valence-corrected chi connectivity index (χ0v) is 20.2. The van der Waals surface area contributed by atoms with Crippen LogP contribution in [0.1, 0.15) is 18.4 Å². The van der Waals surface area contributed by atoms with Crippen molar-refractivity contribution in [1.29, 1.82) is 0 Å². The molecule has 1 saturated heterocycles. The first kappa shape index (κ1) is 28.1. The SMILES string of the molecule is CN1CCN(CC(=O)N[C@@H](CCCSCC(=O)C(F)(F)F)C(=O)NCCc2ccccc2)CC1. The monoisotopic (exact) mass is 502 g/mol. The molecule has 0 aromatic heterocycles. The molecule has 1 atom stereocenters. The largest absolute Gasteiger partial charge is 0.450 e. The minimum atomic E-state index is -4.83. The molecule has 0 saturated carbocycles. The average molecular weight is 503 g/mol. The molecule has 7 nitrogen and oxygen atoms in total. The first-order chi connectivity index (χ1) is 16.1. The fraction of sp³-hybridized carbons (Fsp3) is 0.609. The summed E-state index contributed by atoms with van der Waals surface area (Å²) in [4.78, 5) is 40.5. The quantitative estimate of drug-likeness (QED) is 0.400. The maximum absolute atomic E-state index is 12.8. The Hall–Kier alpha value is -2.11. The maximum Gasteiger partial charge on any atom is 0.450 e. The van der Waals surface area contributed by atoms with Crippen LogP contribution < -0.4 is 10.6 Å². The Morgan fingerprint density at radius 2 is 1.76 bits per heavy atom. The normalized spacial score (nSPS) is 16.1. The Labute approximate surface area is 202 Å². The molecule has 0 unspecified atom stereocenters. The second-order valence-electron chi connectivity index (χ2n) is 8.34. The Kier molecular flexibility index (Phi) is 11.9. The molecule has 2 rings (SSSR count). The van der Waals surface area contributed by atoms with Crippen LogP contribution in [-0.2, 0) is 20.8 Å². The number of carbonyl (C=O) groups is 3. The fourth-order valence-corrected chi connectivity index (χ4v) is 4.32. The number of nitrogens with zero attached hydrogens (tertiary/aromatic N) is 2. The molecule has 0 spiro atoms. The number of Topliss-reactive ketones (excluding diaryl/α,β-unsaturated/α-hetero) is 1. The predicted molar refractivity (Wildman–Crippen MR) is 127 cm³/mol. The van der Waals surface area contributed by atoms with E-state index in [0.29, 0.717) is 19.4 Å². The number of benzene rings is 1. The first-order valence-corrected chi connectivity index (χ1v) is 12.5.